The Hall–Kier alpha value is -1.66. The molecule has 0 radical (unpaired) electrons. The van der Waals surface area contributed by atoms with Gasteiger partial charge < -0.3 is 10.4 Å². The van der Waals surface area contributed by atoms with Crippen LogP contribution in [-0.2, 0) is 0 Å². The van der Waals surface area contributed by atoms with Crippen molar-refractivity contribution in [1.29, 1.82) is 0 Å². The SMILES string of the molecule is CSC[C@@H](CCO)Nc1nc(-c2cccnc2)nc(C)c1C. The highest BCUT2D eigenvalue weighted by molar-refractivity contribution is 7.98. The summed E-state index contributed by atoms with van der Waals surface area (Å²) in [5.41, 5.74) is 2.89. The zero-order chi connectivity index (χ0) is 15.9. The highest BCUT2D eigenvalue weighted by atomic mass is 32.2. The van der Waals surface area contributed by atoms with Crippen molar-refractivity contribution in [1.82, 2.24) is 15.0 Å². The first-order valence-corrected chi connectivity index (χ1v) is 8.67. The second-order valence-electron chi connectivity index (χ2n) is 5.16. The van der Waals surface area contributed by atoms with Gasteiger partial charge in [-0.15, -0.1) is 0 Å². The van der Waals surface area contributed by atoms with Crippen molar-refractivity contribution in [2.45, 2.75) is 26.3 Å². The first-order chi connectivity index (χ1) is 10.7. The zero-order valence-electron chi connectivity index (χ0n) is 13.2. The van der Waals surface area contributed by atoms with Gasteiger partial charge in [-0.2, -0.15) is 11.8 Å². The Bertz CT molecular complexity index is 601. The summed E-state index contributed by atoms with van der Waals surface area (Å²) in [6.07, 6.45) is 6.26. The second-order valence-corrected chi connectivity index (χ2v) is 6.07. The molecule has 0 aromatic carbocycles. The molecule has 0 aliphatic heterocycles. The minimum Gasteiger partial charge on any atom is -0.396 e. The van der Waals surface area contributed by atoms with Crippen LogP contribution in [0.3, 0.4) is 0 Å². The van der Waals surface area contributed by atoms with Crippen LogP contribution in [0.2, 0.25) is 0 Å². The number of aryl methyl sites for hydroxylation is 1. The number of hydrogen-bond donors (Lipinski definition) is 2. The zero-order valence-corrected chi connectivity index (χ0v) is 14.0. The van der Waals surface area contributed by atoms with E-state index in [0.717, 1.165) is 28.4 Å². The number of thioether (sulfide) groups is 1. The Morgan fingerprint density at radius 1 is 1.32 bits per heavy atom. The number of hydrogen-bond acceptors (Lipinski definition) is 6. The molecule has 2 heterocycles. The van der Waals surface area contributed by atoms with E-state index in [4.69, 9.17) is 0 Å². The predicted octanol–water partition coefficient (Wildman–Crippen LogP) is 2.68. The Morgan fingerprint density at radius 3 is 2.77 bits per heavy atom. The van der Waals surface area contributed by atoms with Crippen molar-refractivity contribution in [3.8, 4) is 11.4 Å². The van der Waals surface area contributed by atoms with Crippen molar-refractivity contribution in [3.63, 3.8) is 0 Å². The summed E-state index contributed by atoms with van der Waals surface area (Å²) in [6, 6.07) is 4.02. The molecule has 0 saturated carbocycles. The summed E-state index contributed by atoms with van der Waals surface area (Å²) in [4.78, 5) is 13.3. The number of rotatable bonds is 7. The molecule has 2 N–H and O–H groups in total. The molecule has 0 unspecified atom stereocenters. The quantitative estimate of drug-likeness (QED) is 0.818. The molecular weight excluding hydrogens is 296 g/mol. The van der Waals surface area contributed by atoms with E-state index in [2.05, 4.69) is 26.5 Å². The van der Waals surface area contributed by atoms with E-state index in [-0.39, 0.29) is 12.6 Å². The summed E-state index contributed by atoms with van der Waals surface area (Å²) in [5, 5.41) is 12.7. The third-order valence-corrected chi connectivity index (χ3v) is 4.23. The van der Waals surface area contributed by atoms with Crippen LogP contribution in [-0.4, -0.2) is 44.7 Å². The first kappa shape index (κ1) is 16.7. The molecule has 5 nitrogen and oxygen atoms in total. The van der Waals surface area contributed by atoms with Crippen LogP contribution < -0.4 is 5.32 Å². The summed E-state index contributed by atoms with van der Waals surface area (Å²) in [7, 11) is 0. The van der Waals surface area contributed by atoms with Crippen molar-refractivity contribution in [3.05, 3.63) is 35.8 Å². The van der Waals surface area contributed by atoms with E-state index < -0.39 is 0 Å². The third kappa shape index (κ3) is 4.18. The van der Waals surface area contributed by atoms with Gasteiger partial charge in [-0.1, -0.05) is 0 Å². The average Bonchev–Trinajstić information content (AvgIpc) is 2.53. The fourth-order valence-corrected chi connectivity index (χ4v) is 2.79. The molecule has 0 aliphatic rings. The van der Waals surface area contributed by atoms with Gasteiger partial charge in [0.05, 0.1) is 0 Å². The van der Waals surface area contributed by atoms with E-state index in [1.807, 2.05) is 26.0 Å². The number of nitrogens with zero attached hydrogens (tertiary/aromatic N) is 3. The number of aromatic nitrogens is 3. The Kier molecular flexibility index (Phi) is 6.15. The highest BCUT2D eigenvalue weighted by Gasteiger charge is 2.14. The van der Waals surface area contributed by atoms with Crippen LogP contribution in [0.15, 0.2) is 24.5 Å². The normalized spacial score (nSPS) is 12.2. The second kappa shape index (κ2) is 8.10. The number of anilines is 1. The van der Waals surface area contributed by atoms with Crippen molar-refractivity contribution >= 4 is 17.6 Å². The van der Waals surface area contributed by atoms with Gasteiger partial charge in [-0.05, 0) is 38.7 Å². The summed E-state index contributed by atoms with van der Waals surface area (Å²) in [6.45, 7) is 4.16. The average molecular weight is 318 g/mol. The first-order valence-electron chi connectivity index (χ1n) is 7.27. The van der Waals surface area contributed by atoms with E-state index in [1.54, 1.807) is 24.2 Å². The van der Waals surface area contributed by atoms with Crippen LogP contribution in [0.1, 0.15) is 17.7 Å². The molecule has 0 fully saturated rings. The molecule has 1 atom stereocenters. The van der Waals surface area contributed by atoms with E-state index in [0.29, 0.717) is 12.2 Å². The van der Waals surface area contributed by atoms with Gasteiger partial charge in [0.1, 0.15) is 5.82 Å². The molecule has 22 heavy (non-hydrogen) atoms. The molecule has 0 amide bonds. The van der Waals surface area contributed by atoms with E-state index in [1.165, 1.54) is 0 Å². The standard InChI is InChI=1S/C16H22N4OS/c1-11-12(2)18-16(13-5-4-7-17-9-13)20-15(11)19-14(6-8-21)10-22-3/h4-5,7,9,14,21H,6,8,10H2,1-3H3,(H,18,19,20)/t14-/m1/s1. The number of nitrogens with one attached hydrogen (secondary N) is 1. The molecule has 0 saturated heterocycles. The lowest BCUT2D eigenvalue weighted by atomic mass is 10.2. The molecular formula is C16H22N4OS. The largest absolute Gasteiger partial charge is 0.396 e. The maximum absolute atomic E-state index is 9.21. The molecule has 0 spiro atoms. The number of aliphatic hydroxyl groups excluding tert-OH is 1. The third-order valence-electron chi connectivity index (χ3n) is 3.50. The molecule has 2 aromatic rings. The van der Waals surface area contributed by atoms with Gasteiger partial charge in [0.2, 0.25) is 0 Å². The van der Waals surface area contributed by atoms with Gasteiger partial charge in [-0.25, -0.2) is 9.97 Å². The van der Waals surface area contributed by atoms with E-state index >= 15 is 0 Å². The van der Waals surface area contributed by atoms with Gasteiger partial charge >= 0.3 is 0 Å². The Balaban J connectivity index is 2.32. The molecule has 2 rings (SSSR count). The van der Waals surface area contributed by atoms with Gasteiger partial charge in [-0.3, -0.25) is 4.98 Å². The van der Waals surface area contributed by atoms with Gasteiger partial charge in [0.15, 0.2) is 5.82 Å². The highest BCUT2D eigenvalue weighted by Crippen LogP contribution is 2.22. The van der Waals surface area contributed by atoms with Gasteiger partial charge in [0.25, 0.3) is 0 Å². The van der Waals surface area contributed by atoms with Crippen LogP contribution in [0.4, 0.5) is 5.82 Å². The Morgan fingerprint density at radius 2 is 2.14 bits per heavy atom. The van der Waals surface area contributed by atoms with Crippen LogP contribution in [0.25, 0.3) is 11.4 Å². The number of aliphatic hydroxyl groups is 1. The van der Waals surface area contributed by atoms with E-state index in [9.17, 15) is 5.11 Å². The van der Waals surface area contributed by atoms with Crippen LogP contribution >= 0.6 is 11.8 Å². The van der Waals surface area contributed by atoms with Crippen molar-refractivity contribution in [2.24, 2.45) is 0 Å². The van der Waals surface area contributed by atoms with Crippen molar-refractivity contribution in [2.75, 3.05) is 23.9 Å². The fourth-order valence-electron chi connectivity index (χ4n) is 2.14. The molecule has 0 aliphatic carbocycles. The predicted molar refractivity (Wildman–Crippen MR) is 92.2 cm³/mol. The Labute approximate surface area is 135 Å². The van der Waals surface area contributed by atoms with Crippen LogP contribution in [0.5, 0.6) is 0 Å². The summed E-state index contributed by atoms with van der Waals surface area (Å²) in [5.74, 6) is 2.43. The fraction of sp³-hybridized carbons (Fsp3) is 0.438. The smallest absolute Gasteiger partial charge is 0.163 e. The lowest BCUT2D eigenvalue weighted by Crippen LogP contribution is -2.25. The minimum atomic E-state index is 0.163. The molecule has 0 bridgehead atoms. The minimum absolute atomic E-state index is 0.163. The monoisotopic (exact) mass is 318 g/mol. The lowest BCUT2D eigenvalue weighted by Gasteiger charge is -2.20. The number of pyridine rings is 1. The lowest BCUT2D eigenvalue weighted by molar-refractivity contribution is 0.282. The topological polar surface area (TPSA) is 70.9 Å². The van der Waals surface area contributed by atoms with Crippen LogP contribution in [0, 0.1) is 13.8 Å². The molecule has 2 aromatic heterocycles. The molecule has 118 valence electrons. The summed E-state index contributed by atoms with van der Waals surface area (Å²) >= 11 is 1.75. The summed E-state index contributed by atoms with van der Waals surface area (Å²) < 4.78 is 0. The van der Waals surface area contributed by atoms with Gasteiger partial charge in [0, 0.05) is 47.6 Å². The maximum atomic E-state index is 9.21. The van der Waals surface area contributed by atoms with Crippen molar-refractivity contribution < 1.29 is 5.11 Å². The molecule has 6 heteroatoms. The maximum Gasteiger partial charge on any atom is 0.163 e.